The number of nitrogens with zero attached hydrogens (tertiary/aromatic N) is 1. The zero-order valence-electron chi connectivity index (χ0n) is 11.3. The molecule has 0 bridgehead atoms. The molecule has 2 nitrogen and oxygen atoms in total. The largest absolute Gasteiger partial charge is 0.308 e. The summed E-state index contributed by atoms with van der Waals surface area (Å²) in [7, 11) is 0. The van der Waals surface area contributed by atoms with Crippen LogP contribution in [0.3, 0.4) is 0 Å². The minimum Gasteiger partial charge on any atom is -0.308 e. The molecule has 3 heteroatoms. The fourth-order valence-electron chi connectivity index (χ4n) is 2.74. The van der Waals surface area contributed by atoms with Gasteiger partial charge in [-0.05, 0) is 26.2 Å². The molecule has 1 heterocycles. The summed E-state index contributed by atoms with van der Waals surface area (Å²) in [6.07, 6.45) is 3.28. The molecule has 1 atom stereocenters. The zero-order valence-corrected chi connectivity index (χ0v) is 11.3. The van der Waals surface area contributed by atoms with Crippen molar-refractivity contribution in [3.05, 3.63) is 0 Å². The van der Waals surface area contributed by atoms with E-state index in [9.17, 15) is 4.39 Å². The molecular weight excluding hydrogens is 203 g/mol. The molecule has 1 N–H and O–H groups in total. The molecule has 1 rings (SSSR count). The zero-order chi connectivity index (χ0) is 12.2. The highest BCUT2D eigenvalue weighted by Crippen LogP contribution is 2.30. The van der Waals surface area contributed by atoms with Crippen LogP contribution in [0.5, 0.6) is 0 Å². The summed E-state index contributed by atoms with van der Waals surface area (Å²) in [6, 6.07) is 0. The highest BCUT2D eigenvalue weighted by atomic mass is 19.1. The first-order chi connectivity index (χ1) is 7.55. The van der Waals surface area contributed by atoms with Crippen molar-refractivity contribution in [3.63, 3.8) is 0 Å². The van der Waals surface area contributed by atoms with Gasteiger partial charge in [0.15, 0.2) is 0 Å². The maximum absolute atomic E-state index is 12.7. The van der Waals surface area contributed by atoms with Gasteiger partial charge in [-0.3, -0.25) is 4.90 Å². The summed E-state index contributed by atoms with van der Waals surface area (Å²) in [5.74, 6) is 0. The van der Waals surface area contributed by atoms with Crippen molar-refractivity contribution in [1.82, 2.24) is 10.2 Å². The summed E-state index contributed by atoms with van der Waals surface area (Å²) in [5.41, 5.74) is 0.323. The number of rotatable bonds is 5. The first-order valence-corrected chi connectivity index (χ1v) is 6.62. The first kappa shape index (κ1) is 13.9. The molecule has 1 fully saturated rings. The van der Waals surface area contributed by atoms with Crippen LogP contribution in [-0.2, 0) is 0 Å². The molecule has 96 valence electrons. The van der Waals surface area contributed by atoms with Crippen molar-refractivity contribution < 1.29 is 4.39 Å². The van der Waals surface area contributed by atoms with Crippen LogP contribution in [0.15, 0.2) is 0 Å². The lowest BCUT2D eigenvalue weighted by molar-refractivity contribution is -0.00107. The minimum atomic E-state index is -0.235. The van der Waals surface area contributed by atoms with E-state index >= 15 is 0 Å². The van der Waals surface area contributed by atoms with Crippen molar-refractivity contribution in [2.75, 3.05) is 26.3 Å². The van der Waals surface area contributed by atoms with E-state index in [0.717, 1.165) is 32.4 Å². The summed E-state index contributed by atoms with van der Waals surface area (Å²) < 4.78 is 12.7. The second-order valence-electron chi connectivity index (χ2n) is 5.31. The summed E-state index contributed by atoms with van der Waals surface area (Å²) in [6.45, 7) is 11.2. The number of piperazine rings is 1. The third-order valence-electron chi connectivity index (χ3n) is 4.51. The van der Waals surface area contributed by atoms with E-state index < -0.39 is 0 Å². The van der Waals surface area contributed by atoms with Gasteiger partial charge in [0.05, 0.1) is 0 Å². The fraction of sp³-hybridized carbons (Fsp3) is 1.00. The van der Waals surface area contributed by atoms with E-state index in [-0.39, 0.29) is 17.8 Å². The Morgan fingerprint density at radius 2 is 1.81 bits per heavy atom. The number of nitrogens with one attached hydrogen (secondary N) is 1. The van der Waals surface area contributed by atoms with Crippen LogP contribution in [0.2, 0.25) is 0 Å². The van der Waals surface area contributed by atoms with Crippen LogP contribution in [0.4, 0.5) is 4.39 Å². The Morgan fingerprint density at radius 1 is 1.19 bits per heavy atom. The predicted molar refractivity (Wildman–Crippen MR) is 67.6 cm³/mol. The Hall–Kier alpha value is -0.150. The van der Waals surface area contributed by atoms with Gasteiger partial charge in [-0.2, -0.15) is 0 Å². The molecule has 0 aromatic carbocycles. The standard InChI is InChI=1S/C13H27FN2/c1-5-12(4)11-16(9-8-14)13(6-2,7-3)10-15-12/h15H,5-11H2,1-4H3. The monoisotopic (exact) mass is 230 g/mol. The quantitative estimate of drug-likeness (QED) is 0.781. The Balaban J connectivity index is 2.81. The maximum atomic E-state index is 12.7. The Kier molecular flexibility index (Phi) is 4.74. The van der Waals surface area contributed by atoms with Crippen LogP contribution >= 0.6 is 0 Å². The van der Waals surface area contributed by atoms with Gasteiger partial charge in [-0.15, -0.1) is 0 Å². The smallest absolute Gasteiger partial charge is 0.102 e. The normalized spacial score (nSPS) is 30.6. The van der Waals surface area contributed by atoms with Crippen LogP contribution in [0, 0.1) is 0 Å². The van der Waals surface area contributed by atoms with Crippen LogP contribution in [0.25, 0.3) is 0 Å². The summed E-state index contributed by atoms with van der Waals surface area (Å²) >= 11 is 0. The average molecular weight is 230 g/mol. The Bertz CT molecular complexity index is 216. The molecule has 1 saturated heterocycles. The average Bonchev–Trinajstić information content (AvgIpc) is 2.31. The highest BCUT2D eigenvalue weighted by molar-refractivity contribution is 5.02. The number of hydrogen-bond acceptors (Lipinski definition) is 2. The molecule has 16 heavy (non-hydrogen) atoms. The summed E-state index contributed by atoms with van der Waals surface area (Å²) in [5, 5.41) is 3.66. The molecule has 1 aliphatic rings. The van der Waals surface area contributed by atoms with Gasteiger partial charge in [0.25, 0.3) is 0 Å². The molecule has 0 amide bonds. The first-order valence-electron chi connectivity index (χ1n) is 6.62. The van der Waals surface area contributed by atoms with Crippen LogP contribution in [-0.4, -0.2) is 42.3 Å². The molecule has 0 aromatic rings. The second kappa shape index (κ2) is 5.46. The fourth-order valence-corrected chi connectivity index (χ4v) is 2.74. The Labute approximate surface area is 99.6 Å². The highest BCUT2D eigenvalue weighted by Gasteiger charge is 2.42. The van der Waals surface area contributed by atoms with Gasteiger partial charge in [0, 0.05) is 30.7 Å². The second-order valence-corrected chi connectivity index (χ2v) is 5.31. The van der Waals surface area contributed by atoms with Crippen molar-refractivity contribution in [2.24, 2.45) is 0 Å². The van der Waals surface area contributed by atoms with E-state index in [4.69, 9.17) is 0 Å². The van der Waals surface area contributed by atoms with Crippen molar-refractivity contribution in [2.45, 2.75) is 58.0 Å². The maximum Gasteiger partial charge on any atom is 0.102 e. The SMILES string of the molecule is CCC1(C)CN(CCF)C(CC)(CC)CN1. The lowest BCUT2D eigenvalue weighted by atomic mass is 9.82. The topological polar surface area (TPSA) is 15.3 Å². The third kappa shape index (κ3) is 2.57. The van der Waals surface area contributed by atoms with E-state index in [2.05, 4.69) is 37.9 Å². The molecule has 0 radical (unpaired) electrons. The number of hydrogen-bond donors (Lipinski definition) is 1. The predicted octanol–water partition coefficient (Wildman–Crippen LogP) is 2.59. The van der Waals surface area contributed by atoms with Crippen LogP contribution < -0.4 is 5.32 Å². The van der Waals surface area contributed by atoms with Gasteiger partial charge in [0.2, 0.25) is 0 Å². The van der Waals surface area contributed by atoms with E-state index in [1.165, 1.54) is 0 Å². The molecule has 0 spiro atoms. The summed E-state index contributed by atoms with van der Waals surface area (Å²) in [4.78, 5) is 2.37. The van der Waals surface area contributed by atoms with Gasteiger partial charge < -0.3 is 5.32 Å². The molecule has 0 aromatic heterocycles. The lowest BCUT2D eigenvalue weighted by Crippen LogP contribution is -2.68. The van der Waals surface area contributed by atoms with Crippen molar-refractivity contribution in [1.29, 1.82) is 0 Å². The Morgan fingerprint density at radius 3 is 2.25 bits per heavy atom. The van der Waals surface area contributed by atoms with Gasteiger partial charge in [-0.1, -0.05) is 20.8 Å². The van der Waals surface area contributed by atoms with Crippen LogP contribution in [0.1, 0.15) is 47.0 Å². The lowest BCUT2D eigenvalue weighted by Gasteiger charge is -2.53. The van der Waals surface area contributed by atoms with Gasteiger partial charge >= 0.3 is 0 Å². The van der Waals surface area contributed by atoms with E-state index in [1.54, 1.807) is 0 Å². The number of halogens is 1. The molecular formula is C13H27FN2. The van der Waals surface area contributed by atoms with Crippen molar-refractivity contribution >= 4 is 0 Å². The molecule has 1 aliphatic heterocycles. The molecule has 1 unspecified atom stereocenters. The van der Waals surface area contributed by atoms with E-state index in [1.807, 2.05) is 0 Å². The molecule has 0 saturated carbocycles. The van der Waals surface area contributed by atoms with Crippen molar-refractivity contribution in [3.8, 4) is 0 Å². The third-order valence-corrected chi connectivity index (χ3v) is 4.51. The molecule has 0 aliphatic carbocycles. The van der Waals surface area contributed by atoms with Gasteiger partial charge in [-0.25, -0.2) is 4.39 Å². The number of alkyl halides is 1. The minimum absolute atomic E-state index is 0.156. The van der Waals surface area contributed by atoms with E-state index in [0.29, 0.717) is 6.54 Å². The van der Waals surface area contributed by atoms with Gasteiger partial charge in [0.1, 0.15) is 6.67 Å².